The standard InChI is InChI=1S/C9H8N2O/c1-2-5-10-6-4-9-8(3-1)7-11-12-9/h1-7,10H. The van der Waals surface area contributed by atoms with Crippen LogP contribution in [0.5, 0.6) is 0 Å². The molecule has 0 radical (unpaired) electrons. The zero-order valence-corrected chi connectivity index (χ0v) is 6.40. The van der Waals surface area contributed by atoms with Crippen LogP contribution >= 0.6 is 0 Å². The van der Waals surface area contributed by atoms with Gasteiger partial charge in [0, 0.05) is 23.8 Å². The summed E-state index contributed by atoms with van der Waals surface area (Å²) in [6.45, 7) is 0. The third-order valence-electron chi connectivity index (χ3n) is 1.54. The molecule has 0 spiro atoms. The van der Waals surface area contributed by atoms with Crippen molar-refractivity contribution in [2.75, 3.05) is 0 Å². The van der Waals surface area contributed by atoms with Gasteiger partial charge in [-0.05, 0) is 12.1 Å². The summed E-state index contributed by atoms with van der Waals surface area (Å²) >= 11 is 0. The van der Waals surface area contributed by atoms with E-state index in [9.17, 15) is 0 Å². The predicted molar refractivity (Wildman–Crippen MR) is 46.0 cm³/mol. The second kappa shape index (κ2) is 3.09. The van der Waals surface area contributed by atoms with Gasteiger partial charge in [0.2, 0.25) is 0 Å². The maximum Gasteiger partial charge on any atom is 0.168 e. The van der Waals surface area contributed by atoms with Gasteiger partial charge in [0.25, 0.3) is 0 Å². The van der Waals surface area contributed by atoms with E-state index < -0.39 is 0 Å². The van der Waals surface area contributed by atoms with Gasteiger partial charge in [-0.2, -0.15) is 0 Å². The van der Waals surface area contributed by atoms with Crippen LogP contribution in [0.1, 0.15) is 0 Å². The lowest BCUT2D eigenvalue weighted by Crippen LogP contribution is -1.55. The van der Waals surface area contributed by atoms with Gasteiger partial charge in [0.15, 0.2) is 5.58 Å². The van der Waals surface area contributed by atoms with Crippen LogP contribution in [0.2, 0.25) is 0 Å². The van der Waals surface area contributed by atoms with Crippen molar-refractivity contribution in [2.24, 2.45) is 0 Å². The minimum atomic E-state index is 0.766. The average molecular weight is 160 g/mol. The summed E-state index contributed by atoms with van der Waals surface area (Å²) in [7, 11) is 0. The maximum atomic E-state index is 4.99. The van der Waals surface area contributed by atoms with Gasteiger partial charge in [-0.3, -0.25) is 0 Å². The molecule has 0 amide bonds. The summed E-state index contributed by atoms with van der Waals surface area (Å²) < 4.78 is 4.99. The summed E-state index contributed by atoms with van der Waals surface area (Å²) in [6, 6.07) is 7.62. The van der Waals surface area contributed by atoms with Crippen LogP contribution in [-0.2, 0) is 0 Å². The molecule has 0 saturated carbocycles. The minimum Gasteiger partial charge on any atom is -0.367 e. The fourth-order valence-electron chi connectivity index (χ4n) is 0.958. The summed E-state index contributed by atoms with van der Waals surface area (Å²) in [4.78, 5) is 2.96. The van der Waals surface area contributed by atoms with Gasteiger partial charge < -0.3 is 9.51 Å². The number of hydrogen-bond acceptors (Lipinski definition) is 2. The molecule has 0 aliphatic heterocycles. The van der Waals surface area contributed by atoms with Gasteiger partial charge in [0.1, 0.15) is 0 Å². The first-order valence-electron chi connectivity index (χ1n) is 3.67. The van der Waals surface area contributed by atoms with Crippen LogP contribution in [0.25, 0.3) is 11.0 Å². The van der Waals surface area contributed by atoms with Crippen molar-refractivity contribution in [3.63, 3.8) is 0 Å². The molecule has 0 atom stereocenters. The molecule has 3 nitrogen and oxygen atoms in total. The Morgan fingerprint density at radius 3 is 3.17 bits per heavy atom. The topological polar surface area (TPSA) is 41.8 Å². The van der Waals surface area contributed by atoms with E-state index in [1.54, 1.807) is 12.4 Å². The number of H-pyrrole nitrogens is 1. The highest BCUT2D eigenvalue weighted by Crippen LogP contribution is 2.07. The molecule has 0 saturated heterocycles. The Morgan fingerprint density at radius 2 is 2.17 bits per heavy atom. The molecule has 0 aromatic carbocycles. The molecular formula is C9H8N2O. The SMILES string of the molecule is c1ccc2cnoc2cc[nH]c1. The second-order valence-electron chi connectivity index (χ2n) is 2.36. The Bertz CT molecular complexity index is 379. The lowest BCUT2D eigenvalue weighted by atomic mass is 10.3. The van der Waals surface area contributed by atoms with Crippen LogP contribution in [-0.4, -0.2) is 10.1 Å². The number of fused-ring (bicyclic) bond motifs is 1. The van der Waals surface area contributed by atoms with Gasteiger partial charge in [0.05, 0.1) is 6.20 Å². The van der Waals surface area contributed by atoms with E-state index in [1.165, 1.54) is 0 Å². The monoisotopic (exact) mass is 160 g/mol. The number of rotatable bonds is 0. The van der Waals surface area contributed by atoms with Crippen LogP contribution in [0.4, 0.5) is 0 Å². The van der Waals surface area contributed by atoms with Crippen molar-refractivity contribution in [2.45, 2.75) is 0 Å². The Kier molecular flexibility index (Phi) is 1.78. The molecule has 60 valence electrons. The molecule has 0 fully saturated rings. The van der Waals surface area contributed by atoms with Gasteiger partial charge >= 0.3 is 0 Å². The first-order chi connectivity index (χ1) is 5.97. The molecular weight excluding hydrogens is 152 g/mol. The maximum absolute atomic E-state index is 4.99. The summed E-state index contributed by atoms with van der Waals surface area (Å²) in [5.41, 5.74) is 0.766. The zero-order valence-electron chi connectivity index (χ0n) is 6.40. The predicted octanol–water partition coefficient (Wildman–Crippen LogP) is 2.28. The van der Waals surface area contributed by atoms with Crippen LogP contribution < -0.4 is 0 Å². The number of nitrogens with zero attached hydrogens (tertiary/aromatic N) is 1. The number of aromatic nitrogens is 2. The Labute approximate surface area is 69.3 Å². The van der Waals surface area contributed by atoms with Crippen LogP contribution in [0.15, 0.2) is 47.4 Å². The summed E-state index contributed by atoms with van der Waals surface area (Å²) in [5.74, 6) is 0. The van der Waals surface area contributed by atoms with Crippen molar-refractivity contribution in [1.29, 1.82) is 0 Å². The highest BCUT2D eigenvalue weighted by Gasteiger charge is 1.89. The smallest absolute Gasteiger partial charge is 0.168 e. The fraction of sp³-hybridized carbons (Fsp3) is 0. The molecule has 12 heavy (non-hydrogen) atoms. The zero-order chi connectivity index (χ0) is 8.23. The van der Waals surface area contributed by atoms with Crippen molar-refractivity contribution in [3.05, 3.63) is 42.9 Å². The quantitative estimate of drug-likeness (QED) is 0.642. The summed E-state index contributed by atoms with van der Waals surface area (Å²) in [6.07, 6.45) is 5.33. The van der Waals surface area contributed by atoms with Crippen LogP contribution in [0.3, 0.4) is 0 Å². The molecule has 2 aromatic heterocycles. The molecule has 2 rings (SSSR count). The number of aromatic amines is 1. The van der Waals surface area contributed by atoms with Crippen LogP contribution in [0, 0.1) is 0 Å². The Morgan fingerprint density at radius 1 is 1.17 bits per heavy atom. The van der Waals surface area contributed by atoms with Gasteiger partial charge in [-0.15, -0.1) is 0 Å². The van der Waals surface area contributed by atoms with E-state index in [0.717, 1.165) is 11.0 Å². The Balaban J connectivity index is 2.81. The van der Waals surface area contributed by atoms with Crippen molar-refractivity contribution in [1.82, 2.24) is 10.1 Å². The van der Waals surface area contributed by atoms with Crippen molar-refractivity contribution >= 4 is 11.0 Å². The normalized spacial score (nSPS) is 9.67. The van der Waals surface area contributed by atoms with Crippen molar-refractivity contribution in [3.8, 4) is 0 Å². The van der Waals surface area contributed by atoms with E-state index in [0.29, 0.717) is 0 Å². The largest absolute Gasteiger partial charge is 0.367 e. The molecule has 0 aliphatic rings. The highest BCUT2D eigenvalue weighted by atomic mass is 16.5. The fourth-order valence-corrected chi connectivity index (χ4v) is 0.958. The highest BCUT2D eigenvalue weighted by molar-refractivity contribution is 5.73. The first-order valence-corrected chi connectivity index (χ1v) is 3.67. The van der Waals surface area contributed by atoms with E-state index in [-0.39, 0.29) is 0 Å². The van der Waals surface area contributed by atoms with E-state index in [4.69, 9.17) is 4.52 Å². The number of nitrogens with one attached hydrogen (secondary N) is 1. The van der Waals surface area contributed by atoms with E-state index in [1.807, 2.05) is 30.5 Å². The first kappa shape index (κ1) is 6.91. The van der Waals surface area contributed by atoms with E-state index >= 15 is 0 Å². The van der Waals surface area contributed by atoms with E-state index in [2.05, 4.69) is 10.1 Å². The number of hydrogen-bond donors (Lipinski definition) is 1. The minimum absolute atomic E-state index is 0.766. The lowest BCUT2D eigenvalue weighted by molar-refractivity contribution is 0.456. The Hall–Kier alpha value is -1.77. The van der Waals surface area contributed by atoms with Gasteiger partial charge in [-0.25, -0.2) is 0 Å². The average Bonchev–Trinajstić information content (AvgIpc) is 2.50. The molecule has 1 N–H and O–H groups in total. The van der Waals surface area contributed by atoms with Gasteiger partial charge in [-0.1, -0.05) is 11.2 Å². The lowest BCUT2D eigenvalue weighted by Gasteiger charge is -1.73. The molecule has 0 unspecified atom stereocenters. The molecule has 3 heteroatoms. The molecule has 0 aliphatic carbocycles. The second-order valence-corrected chi connectivity index (χ2v) is 2.36. The summed E-state index contributed by atoms with van der Waals surface area (Å²) in [5, 5.41) is 4.67. The van der Waals surface area contributed by atoms with Crippen molar-refractivity contribution < 1.29 is 4.52 Å². The molecule has 0 bridgehead atoms. The third kappa shape index (κ3) is 1.29. The molecule has 2 aromatic rings. The third-order valence-corrected chi connectivity index (χ3v) is 1.54. The molecule has 2 heterocycles.